The molecule has 0 N–H and O–H groups in total. The molecule has 0 amide bonds. The third kappa shape index (κ3) is 2.99. The first kappa shape index (κ1) is 10.5. The van der Waals surface area contributed by atoms with E-state index in [9.17, 15) is 4.79 Å². The van der Waals surface area contributed by atoms with Gasteiger partial charge < -0.3 is 9.64 Å². The summed E-state index contributed by atoms with van der Waals surface area (Å²) < 4.78 is 5.01. The second-order valence-corrected chi connectivity index (χ2v) is 3.48. The lowest BCUT2D eigenvalue weighted by Gasteiger charge is -2.30. The molecular weight excluding hydrogens is 166 g/mol. The lowest BCUT2D eigenvalue weighted by atomic mass is 9.98. The molecule has 1 fully saturated rings. The van der Waals surface area contributed by atoms with Crippen molar-refractivity contribution in [1.29, 1.82) is 0 Å². The van der Waals surface area contributed by atoms with Gasteiger partial charge in [0.1, 0.15) is 0 Å². The van der Waals surface area contributed by atoms with Crippen LogP contribution in [0.5, 0.6) is 0 Å². The van der Waals surface area contributed by atoms with Crippen LogP contribution in [0.25, 0.3) is 0 Å². The highest BCUT2D eigenvalue weighted by atomic mass is 16.5. The van der Waals surface area contributed by atoms with Gasteiger partial charge >= 0.3 is 5.97 Å². The molecule has 0 aromatic heterocycles. The van der Waals surface area contributed by atoms with Crippen LogP contribution >= 0.6 is 0 Å². The van der Waals surface area contributed by atoms with Crippen LogP contribution < -0.4 is 0 Å². The van der Waals surface area contributed by atoms with Crippen molar-refractivity contribution < 1.29 is 9.53 Å². The summed E-state index contributed by atoms with van der Waals surface area (Å²) in [5.41, 5.74) is 0. The summed E-state index contributed by atoms with van der Waals surface area (Å²) in [5, 5.41) is 0. The predicted octanol–water partition coefficient (Wildman–Crippen LogP) is 1.28. The third-order valence-electron chi connectivity index (χ3n) is 2.57. The number of rotatable bonds is 3. The van der Waals surface area contributed by atoms with Gasteiger partial charge in [0, 0.05) is 6.54 Å². The number of likely N-dealkylation sites (tertiary alicyclic amines) is 1. The summed E-state index contributed by atoms with van der Waals surface area (Å²) in [6.07, 6.45) is 2.12. The fourth-order valence-corrected chi connectivity index (χ4v) is 1.80. The van der Waals surface area contributed by atoms with E-state index in [4.69, 9.17) is 4.74 Å². The Balaban J connectivity index is 2.37. The molecule has 0 aliphatic carbocycles. The Kier molecular flexibility index (Phi) is 4.22. The fraction of sp³-hybridized carbons (Fsp3) is 0.900. The minimum Gasteiger partial charge on any atom is -0.466 e. The third-order valence-corrected chi connectivity index (χ3v) is 2.57. The Bertz CT molecular complexity index is 170. The van der Waals surface area contributed by atoms with Crippen LogP contribution in [0.3, 0.4) is 0 Å². The number of esters is 1. The summed E-state index contributed by atoms with van der Waals surface area (Å²) in [6, 6.07) is 0. The number of ether oxygens (including phenoxy) is 1. The molecule has 1 unspecified atom stereocenters. The topological polar surface area (TPSA) is 29.5 Å². The van der Waals surface area contributed by atoms with E-state index in [2.05, 4.69) is 11.8 Å². The number of carbonyl (C=O) groups excluding carboxylic acids is 1. The highest BCUT2D eigenvalue weighted by Gasteiger charge is 2.25. The van der Waals surface area contributed by atoms with Crippen molar-refractivity contribution in [2.24, 2.45) is 5.92 Å². The molecule has 0 aromatic carbocycles. The lowest BCUT2D eigenvalue weighted by Crippen LogP contribution is -2.39. The molecule has 0 radical (unpaired) electrons. The maximum absolute atomic E-state index is 11.4. The van der Waals surface area contributed by atoms with Gasteiger partial charge in [-0.25, -0.2) is 0 Å². The molecule has 13 heavy (non-hydrogen) atoms. The van der Waals surface area contributed by atoms with Crippen molar-refractivity contribution >= 4 is 5.97 Å². The van der Waals surface area contributed by atoms with Gasteiger partial charge in [0.15, 0.2) is 0 Å². The Hall–Kier alpha value is -0.570. The number of nitrogens with zero attached hydrogens (tertiary/aromatic N) is 1. The first-order valence-corrected chi connectivity index (χ1v) is 5.16. The van der Waals surface area contributed by atoms with Crippen molar-refractivity contribution in [3.8, 4) is 0 Å². The molecule has 76 valence electrons. The fourth-order valence-electron chi connectivity index (χ4n) is 1.80. The number of hydrogen-bond donors (Lipinski definition) is 0. The molecule has 0 saturated carbocycles. The van der Waals surface area contributed by atoms with Crippen molar-refractivity contribution in [3.63, 3.8) is 0 Å². The van der Waals surface area contributed by atoms with E-state index in [0.717, 1.165) is 32.5 Å². The van der Waals surface area contributed by atoms with Gasteiger partial charge in [0.05, 0.1) is 12.5 Å². The van der Waals surface area contributed by atoms with E-state index in [1.807, 2.05) is 6.92 Å². The summed E-state index contributed by atoms with van der Waals surface area (Å²) in [5.74, 6) is 0.106. The van der Waals surface area contributed by atoms with Crippen molar-refractivity contribution in [2.45, 2.75) is 26.7 Å². The molecule has 0 spiro atoms. The molecule has 1 aliphatic rings. The molecule has 0 aromatic rings. The molecule has 0 bridgehead atoms. The first-order valence-electron chi connectivity index (χ1n) is 5.16. The molecule has 1 saturated heterocycles. The van der Waals surface area contributed by atoms with Gasteiger partial charge in [-0.1, -0.05) is 6.92 Å². The van der Waals surface area contributed by atoms with Crippen LogP contribution in [0.1, 0.15) is 26.7 Å². The van der Waals surface area contributed by atoms with Gasteiger partial charge in [-0.2, -0.15) is 0 Å². The van der Waals surface area contributed by atoms with Crippen LogP contribution in [-0.2, 0) is 9.53 Å². The number of carbonyl (C=O) groups is 1. The Morgan fingerprint density at radius 3 is 2.92 bits per heavy atom. The average molecular weight is 185 g/mol. The maximum atomic E-state index is 11.4. The molecule has 1 aliphatic heterocycles. The zero-order chi connectivity index (χ0) is 9.68. The first-order chi connectivity index (χ1) is 6.27. The second-order valence-electron chi connectivity index (χ2n) is 3.48. The molecule has 3 heteroatoms. The molecule has 3 nitrogen and oxygen atoms in total. The van der Waals surface area contributed by atoms with Gasteiger partial charge in [-0.05, 0) is 32.9 Å². The van der Waals surface area contributed by atoms with Gasteiger partial charge in [-0.15, -0.1) is 0 Å². The van der Waals surface area contributed by atoms with E-state index in [1.165, 1.54) is 0 Å². The summed E-state index contributed by atoms with van der Waals surface area (Å²) in [6.45, 7) is 7.55. The van der Waals surface area contributed by atoms with E-state index in [1.54, 1.807) is 0 Å². The molecular formula is C10H19NO2. The summed E-state index contributed by atoms with van der Waals surface area (Å²) in [4.78, 5) is 13.7. The highest BCUT2D eigenvalue weighted by Crippen LogP contribution is 2.17. The quantitative estimate of drug-likeness (QED) is 0.620. The normalized spacial score (nSPS) is 24.3. The Morgan fingerprint density at radius 1 is 1.54 bits per heavy atom. The number of piperidine rings is 1. The van der Waals surface area contributed by atoms with Crippen LogP contribution in [0, 0.1) is 5.92 Å². The minimum atomic E-state index is -0.0133. The number of hydrogen-bond acceptors (Lipinski definition) is 3. The zero-order valence-corrected chi connectivity index (χ0v) is 8.58. The van der Waals surface area contributed by atoms with Gasteiger partial charge in [-0.3, -0.25) is 4.79 Å². The lowest BCUT2D eigenvalue weighted by molar-refractivity contribution is -0.149. The van der Waals surface area contributed by atoms with E-state index < -0.39 is 0 Å². The van der Waals surface area contributed by atoms with Gasteiger partial charge in [0.2, 0.25) is 0 Å². The van der Waals surface area contributed by atoms with Crippen molar-refractivity contribution in [3.05, 3.63) is 0 Å². The summed E-state index contributed by atoms with van der Waals surface area (Å²) in [7, 11) is 0. The zero-order valence-electron chi connectivity index (χ0n) is 8.58. The predicted molar refractivity (Wildman–Crippen MR) is 51.5 cm³/mol. The molecule has 1 atom stereocenters. The van der Waals surface area contributed by atoms with E-state index in [0.29, 0.717) is 6.61 Å². The highest BCUT2D eigenvalue weighted by molar-refractivity contribution is 5.72. The maximum Gasteiger partial charge on any atom is 0.310 e. The second kappa shape index (κ2) is 5.22. The van der Waals surface area contributed by atoms with Crippen LogP contribution in [0.4, 0.5) is 0 Å². The largest absolute Gasteiger partial charge is 0.466 e. The standard InChI is InChI=1S/C10H19NO2/c1-3-11-7-5-6-9(8-11)10(12)13-4-2/h9H,3-8H2,1-2H3. The van der Waals surface area contributed by atoms with E-state index >= 15 is 0 Å². The average Bonchev–Trinajstić information content (AvgIpc) is 2.18. The molecule has 1 heterocycles. The summed E-state index contributed by atoms with van der Waals surface area (Å²) >= 11 is 0. The minimum absolute atomic E-state index is 0.0133. The van der Waals surface area contributed by atoms with Gasteiger partial charge in [0.25, 0.3) is 0 Å². The smallest absolute Gasteiger partial charge is 0.310 e. The van der Waals surface area contributed by atoms with Crippen molar-refractivity contribution in [2.75, 3.05) is 26.2 Å². The van der Waals surface area contributed by atoms with E-state index in [-0.39, 0.29) is 11.9 Å². The Labute approximate surface area is 80.1 Å². The monoisotopic (exact) mass is 185 g/mol. The van der Waals surface area contributed by atoms with Crippen LogP contribution in [0.2, 0.25) is 0 Å². The van der Waals surface area contributed by atoms with Crippen LogP contribution in [0.15, 0.2) is 0 Å². The Morgan fingerprint density at radius 2 is 2.31 bits per heavy atom. The van der Waals surface area contributed by atoms with Crippen LogP contribution in [-0.4, -0.2) is 37.1 Å². The van der Waals surface area contributed by atoms with Crippen molar-refractivity contribution in [1.82, 2.24) is 4.90 Å². The SMILES string of the molecule is CCOC(=O)C1CCCN(CC)C1. The molecule has 1 rings (SSSR count).